The van der Waals surface area contributed by atoms with Crippen LogP contribution in [0.1, 0.15) is 48.2 Å². The summed E-state index contributed by atoms with van der Waals surface area (Å²) >= 11 is 0. The van der Waals surface area contributed by atoms with Crippen LogP contribution in [0.25, 0.3) is 0 Å². The second-order valence-electron chi connectivity index (χ2n) is 6.14. The number of aromatic nitrogens is 1. The van der Waals surface area contributed by atoms with E-state index in [1.807, 2.05) is 13.8 Å². The fourth-order valence-electron chi connectivity index (χ4n) is 2.36. The zero-order chi connectivity index (χ0) is 17.5. The van der Waals surface area contributed by atoms with Crippen molar-refractivity contribution in [1.82, 2.24) is 15.6 Å². The number of benzene rings is 1. The van der Waals surface area contributed by atoms with Crippen LogP contribution in [0.2, 0.25) is 0 Å². The minimum absolute atomic E-state index is 0.403. The largest absolute Gasteiger partial charge is 0.444 e. The molecule has 1 aromatic heterocycles. The fraction of sp³-hybridized carbons (Fsp3) is 0.474. The third-order valence-electron chi connectivity index (χ3n) is 4.01. The van der Waals surface area contributed by atoms with Crippen molar-refractivity contribution in [2.45, 2.75) is 47.1 Å². The van der Waals surface area contributed by atoms with Crippen LogP contribution in [-0.2, 0) is 6.54 Å². The van der Waals surface area contributed by atoms with Crippen molar-refractivity contribution in [3.05, 3.63) is 52.7 Å². The SMILES string of the molecule is CCNC(=NCc1nc(C)c(C)o1)NCC(C)c1ccc(C)cc1. The Balaban J connectivity index is 1.94. The van der Waals surface area contributed by atoms with Crippen LogP contribution in [0.4, 0.5) is 0 Å². The number of aryl methyl sites for hydroxylation is 3. The molecular formula is C19H28N4O. The number of rotatable bonds is 6. The second-order valence-corrected chi connectivity index (χ2v) is 6.14. The summed E-state index contributed by atoms with van der Waals surface area (Å²) in [7, 11) is 0. The molecule has 0 saturated heterocycles. The predicted molar refractivity (Wildman–Crippen MR) is 98.4 cm³/mol. The maximum absolute atomic E-state index is 5.58. The summed E-state index contributed by atoms with van der Waals surface area (Å²) in [4.78, 5) is 8.92. The maximum Gasteiger partial charge on any atom is 0.216 e. The van der Waals surface area contributed by atoms with Gasteiger partial charge in [-0.2, -0.15) is 0 Å². The van der Waals surface area contributed by atoms with Gasteiger partial charge in [0.2, 0.25) is 5.89 Å². The number of nitrogens with zero attached hydrogens (tertiary/aromatic N) is 2. The normalized spacial score (nSPS) is 13.0. The average Bonchev–Trinajstić information content (AvgIpc) is 2.88. The van der Waals surface area contributed by atoms with Gasteiger partial charge in [0.15, 0.2) is 5.96 Å². The van der Waals surface area contributed by atoms with Crippen LogP contribution >= 0.6 is 0 Å². The Kier molecular flexibility index (Phi) is 6.41. The summed E-state index contributed by atoms with van der Waals surface area (Å²) in [6, 6.07) is 8.67. The van der Waals surface area contributed by atoms with Crippen molar-refractivity contribution in [2.24, 2.45) is 4.99 Å². The van der Waals surface area contributed by atoms with Crippen LogP contribution in [0.5, 0.6) is 0 Å². The lowest BCUT2D eigenvalue weighted by atomic mass is 10.0. The Morgan fingerprint density at radius 2 is 1.88 bits per heavy atom. The van der Waals surface area contributed by atoms with Crippen molar-refractivity contribution in [3.63, 3.8) is 0 Å². The van der Waals surface area contributed by atoms with Gasteiger partial charge in [0.25, 0.3) is 0 Å². The zero-order valence-electron chi connectivity index (χ0n) is 15.3. The Morgan fingerprint density at radius 1 is 1.17 bits per heavy atom. The smallest absolute Gasteiger partial charge is 0.216 e. The number of nitrogens with one attached hydrogen (secondary N) is 2. The standard InChI is InChI=1S/C19H28N4O/c1-6-20-19(22-12-18-23-15(4)16(5)24-18)21-11-14(3)17-9-7-13(2)8-10-17/h7-10,14H,6,11-12H2,1-5H3,(H2,20,21,22). The van der Waals surface area contributed by atoms with Gasteiger partial charge in [0, 0.05) is 13.1 Å². The number of oxazole rings is 1. The first-order chi connectivity index (χ1) is 11.5. The first kappa shape index (κ1) is 18.0. The minimum atomic E-state index is 0.403. The van der Waals surface area contributed by atoms with E-state index in [1.54, 1.807) is 0 Å². The molecule has 5 nitrogen and oxygen atoms in total. The second kappa shape index (κ2) is 8.52. The van der Waals surface area contributed by atoms with Gasteiger partial charge >= 0.3 is 0 Å². The molecule has 1 unspecified atom stereocenters. The predicted octanol–water partition coefficient (Wildman–Crippen LogP) is 3.46. The van der Waals surface area contributed by atoms with E-state index in [9.17, 15) is 0 Å². The third-order valence-corrected chi connectivity index (χ3v) is 4.01. The molecule has 2 aromatic rings. The van der Waals surface area contributed by atoms with Crippen molar-refractivity contribution in [2.75, 3.05) is 13.1 Å². The molecule has 0 aliphatic heterocycles. The van der Waals surface area contributed by atoms with E-state index < -0.39 is 0 Å². The summed E-state index contributed by atoms with van der Waals surface area (Å²) in [6.07, 6.45) is 0. The summed E-state index contributed by atoms with van der Waals surface area (Å²) < 4.78 is 5.58. The van der Waals surface area contributed by atoms with E-state index in [1.165, 1.54) is 11.1 Å². The summed E-state index contributed by atoms with van der Waals surface area (Å²) in [6.45, 7) is 12.3. The number of hydrogen-bond acceptors (Lipinski definition) is 3. The Morgan fingerprint density at radius 3 is 2.46 bits per heavy atom. The maximum atomic E-state index is 5.58. The lowest BCUT2D eigenvalue weighted by Crippen LogP contribution is -2.39. The third kappa shape index (κ3) is 5.11. The molecule has 0 bridgehead atoms. The quantitative estimate of drug-likeness (QED) is 0.630. The highest BCUT2D eigenvalue weighted by molar-refractivity contribution is 5.79. The molecule has 0 fully saturated rings. The highest BCUT2D eigenvalue weighted by Gasteiger charge is 2.08. The highest BCUT2D eigenvalue weighted by atomic mass is 16.4. The van der Waals surface area contributed by atoms with Crippen LogP contribution in [0.3, 0.4) is 0 Å². The lowest BCUT2D eigenvalue weighted by molar-refractivity contribution is 0.472. The molecule has 1 heterocycles. The molecule has 0 aliphatic carbocycles. The van der Waals surface area contributed by atoms with Gasteiger partial charge in [0.1, 0.15) is 12.3 Å². The Labute approximate surface area is 144 Å². The molecule has 0 spiro atoms. The number of hydrogen-bond donors (Lipinski definition) is 2. The van der Waals surface area contributed by atoms with E-state index in [2.05, 4.69) is 65.6 Å². The van der Waals surface area contributed by atoms with Gasteiger partial charge in [-0.1, -0.05) is 36.8 Å². The summed E-state index contributed by atoms with van der Waals surface area (Å²) in [5.74, 6) is 2.69. The van der Waals surface area contributed by atoms with E-state index in [-0.39, 0.29) is 0 Å². The molecule has 0 amide bonds. The van der Waals surface area contributed by atoms with Crippen LogP contribution < -0.4 is 10.6 Å². The Hall–Kier alpha value is -2.30. The van der Waals surface area contributed by atoms with Gasteiger partial charge in [-0.25, -0.2) is 9.98 Å². The van der Waals surface area contributed by atoms with Gasteiger partial charge < -0.3 is 15.1 Å². The molecule has 0 aliphatic rings. The molecular weight excluding hydrogens is 300 g/mol. The van der Waals surface area contributed by atoms with E-state index in [4.69, 9.17) is 4.42 Å². The van der Waals surface area contributed by atoms with Gasteiger partial charge in [-0.15, -0.1) is 0 Å². The molecule has 1 aromatic carbocycles. The average molecular weight is 328 g/mol. The van der Waals surface area contributed by atoms with Crippen LogP contribution in [0.15, 0.2) is 33.7 Å². The van der Waals surface area contributed by atoms with Crippen molar-refractivity contribution in [3.8, 4) is 0 Å². The van der Waals surface area contributed by atoms with Crippen molar-refractivity contribution < 1.29 is 4.42 Å². The first-order valence-electron chi connectivity index (χ1n) is 8.51. The van der Waals surface area contributed by atoms with Crippen molar-refractivity contribution in [1.29, 1.82) is 0 Å². The Bertz CT molecular complexity index is 654. The lowest BCUT2D eigenvalue weighted by Gasteiger charge is -2.16. The van der Waals surface area contributed by atoms with Gasteiger partial charge in [-0.3, -0.25) is 0 Å². The number of guanidine groups is 1. The molecule has 2 N–H and O–H groups in total. The van der Waals surface area contributed by atoms with Gasteiger partial charge in [0.05, 0.1) is 5.69 Å². The highest BCUT2D eigenvalue weighted by Crippen LogP contribution is 2.14. The molecule has 2 rings (SSSR count). The van der Waals surface area contributed by atoms with E-state index >= 15 is 0 Å². The van der Waals surface area contributed by atoms with Crippen LogP contribution in [-0.4, -0.2) is 24.0 Å². The molecule has 0 radical (unpaired) electrons. The minimum Gasteiger partial charge on any atom is -0.444 e. The zero-order valence-corrected chi connectivity index (χ0v) is 15.3. The molecule has 1 atom stereocenters. The molecule has 130 valence electrons. The molecule has 5 heteroatoms. The molecule has 0 saturated carbocycles. The number of aliphatic imine (C=N–C) groups is 1. The van der Waals surface area contributed by atoms with E-state index in [0.717, 1.165) is 30.5 Å². The monoisotopic (exact) mass is 328 g/mol. The van der Waals surface area contributed by atoms with Gasteiger partial charge in [-0.05, 0) is 39.2 Å². The fourth-order valence-corrected chi connectivity index (χ4v) is 2.36. The first-order valence-corrected chi connectivity index (χ1v) is 8.51. The summed E-state index contributed by atoms with van der Waals surface area (Å²) in [5, 5.41) is 6.65. The van der Waals surface area contributed by atoms with E-state index in [0.29, 0.717) is 18.4 Å². The molecule has 24 heavy (non-hydrogen) atoms. The topological polar surface area (TPSA) is 62.5 Å². The van der Waals surface area contributed by atoms with Crippen LogP contribution in [0, 0.1) is 20.8 Å². The van der Waals surface area contributed by atoms with Crippen molar-refractivity contribution >= 4 is 5.96 Å². The summed E-state index contributed by atoms with van der Waals surface area (Å²) in [5.41, 5.74) is 3.53.